The summed E-state index contributed by atoms with van der Waals surface area (Å²) in [6, 6.07) is 6.01. The summed E-state index contributed by atoms with van der Waals surface area (Å²) < 4.78 is 5.62. The standard InChI is InChI=1S/C16H26N2O2/c1-5-13(17)9-12-7-8-14(15(10-12)20-6-2)18-16(19)11(3)4/h7-8,10-11,13H,5-6,9,17H2,1-4H3,(H,18,19). The minimum atomic E-state index is -0.0577. The van der Waals surface area contributed by atoms with E-state index in [0.29, 0.717) is 12.4 Å². The summed E-state index contributed by atoms with van der Waals surface area (Å²) >= 11 is 0. The van der Waals surface area contributed by atoms with Gasteiger partial charge in [0.15, 0.2) is 0 Å². The van der Waals surface area contributed by atoms with E-state index in [1.165, 1.54) is 0 Å². The van der Waals surface area contributed by atoms with Gasteiger partial charge < -0.3 is 15.8 Å². The van der Waals surface area contributed by atoms with Crippen molar-refractivity contribution in [1.82, 2.24) is 0 Å². The van der Waals surface area contributed by atoms with Gasteiger partial charge in [0, 0.05) is 12.0 Å². The largest absolute Gasteiger partial charge is 0.492 e. The molecular weight excluding hydrogens is 252 g/mol. The Bertz CT molecular complexity index is 444. The van der Waals surface area contributed by atoms with Crippen LogP contribution in [0.15, 0.2) is 18.2 Å². The van der Waals surface area contributed by atoms with Crippen LogP contribution in [0.2, 0.25) is 0 Å². The van der Waals surface area contributed by atoms with Gasteiger partial charge in [0.1, 0.15) is 5.75 Å². The van der Waals surface area contributed by atoms with E-state index < -0.39 is 0 Å². The van der Waals surface area contributed by atoms with Crippen molar-refractivity contribution in [2.24, 2.45) is 11.7 Å². The number of nitrogens with two attached hydrogens (primary N) is 1. The van der Waals surface area contributed by atoms with Crippen LogP contribution in [-0.4, -0.2) is 18.6 Å². The Morgan fingerprint density at radius 3 is 2.60 bits per heavy atom. The van der Waals surface area contributed by atoms with Crippen LogP contribution in [0.5, 0.6) is 5.75 Å². The third-order valence-corrected chi connectivity index (χ3v) is 3.15. The first-order valence-electron chi connectivity index (χ1n) is 7.30. The molecule has 0 bridgehead atoms. The molecule has 1 amide bonds. The summed E-state index contributed by atoms with van der Waals surface area (Å²) in [4.78, 5) is 11.8. The number of hydrogen-bond acceptors (Lipinski definition) is 3. The first kappa shape index (κ1) is 16.5. The molecule has 112 valence electrons. The van der Waals surface area contributed by atoms with Crippen molar-refractivity contribution in [2.75, 3.05) is 11.9 Å². The predicted octanol–water partition coefficient (Wildman–Crippen LogP) is 2.96. The van der Waals surface area contributed by atoms with Gasteiger partial charge in [-0.2, -0.15) is 0 Å². The normalized spacial score (nSPS) is 12.3. The maximum absolute atomic E-state index is 11.8. The van der Waals surface area contributed by atoms with Crippen LogP contribution in [0.4, 0.5) is 5.69 Å². The number of ether oxygens (including phenoxy) is 1. The molecule has 1 aromatic rings. The average Bonchev–Trinajstić information content (AvgIpc) is 2.41. The molecule has 0 spiro atoms. The molecular formula is C16H26N2O2. The van der Waals surface area contributed by atoms with Crippen molar-refractivity contribution in [3.05, 3.63) is 23.8 Å². The molecule has 3 N–H and O–H groups in total. The van der Waals surface area contributed by atoms with E-state index in [-0.39, 0.29) is 17.9 Å². The van der Waals surface area contributed by atoms with Gasteiger partial charge in [-0.15, -0.1) is 0 Å². The van der Waals surface area contributed by atoms with E-state index in [4.69, 9.17) is 10.5 Å². The van der Waals surface area contributed by atoms with Crippen LogP contribution in [0, 0.1) is 5.92 Å². The zero-order valence-electron chi connectivity index (χ0n) is 12.9. The number of carbonyl (C=O) groups is 1. The first-order chi connectivity index (χ1) is 9.47. The summed E-state index contributed by atoms with van der Waals surface area (Å²) in [7, 11) is 0. The lowest BCUT2D eigenvalue weighted by Crippen LogP contribution is -2.21. The summed E-state index contributed by atoms with van der Waals surface area (Å²) in [6.45, 7) is 8.30. The fourth-order valence-electron chi connectivity index (χ4n) is 1.80. The highest BCUT2D eigenvalue weighted by molar-refractivity contribution is 5.93. The third kappa shape index (κ3) is 4.85. The molecule has 0 aliphatic heterocycles. The molecule has 0 fully saturated rings. The molecule has 1 atom stereocenters. The molecule has 1 unspecified atom stereocenters. The Balaban J connectivity index is 2.92. The van der Waals surface area contributed by atoms with Gasteiger partial charge in [-0.1, -0.05) is 26.8 Å². The topological polar surface area (TPSA) is 64.3 Å². The molecule has 0 saturated heterocycles. The fraction of sp³-hybridized carbons (Fsp3) is 0.562. The number of carbonyl (C=O) groups excluding carboxylic acids is 1. The zero-order chi connectivity index (χ0) is 15.1. The highest BCUT2D eigenvalue weighted by atomic mass is 16.5. The van der Waals surface area contributed by atoms with Crippen LogP contribution in [0.25, 0.3) is 0 Å². The molecule has 0 aromatic heterocycles. The molecule has 1 rings (SSSR count). The number of amides is 1. The summed E-state index contributed by atoms with van der Waals surface area (Å²) in [5.41, 5.74) is 7.83. The minimum absolute atomic E-state index is 0.0102. The second-order valence-electron chi connectivity index (χ2n) is 5.28. The average molecular weight is 278 g/mol. The molecule has 20 heavy (non-hydrogen) atoms. The molecule has 0 heterocycles. The van der Waals surface area contributed by atoms with E-state index >= 15 is 0 Å². The Morgan fingerprint density at radius 2 is 2.05 bits per heavy atom. The highest BCUT2D eigenvalue weighted by Gasteiger charge is 2.12. The minimum Gasteiger partial charge on any atom is -0.492 e. The van der Waals surface area contributed by atoms with Gasteiger partial charge in [0.25, 0.3) is 0 Å². The molecule has 0 saturated carbocycles. The molecule has 1 aromatic carbocycles. The van der Waals surface area contributed by atoms with Crippen molar-refractivity contribution in [2.45, 2.75) is 46.6 Å². The second kappa shape index (κ2) is 7.90. The van der Waals surface area contributed by atoms with Crippen molar-refractivity contribution in [3.63, 3.8) is 0 Å². The number of nitrogens with one attached hydrogen (secondary N) is 1. The first-order valence-corrected chi connectivity index (χ1v) is 7.30. The van der Waals surface area contributed by atoms with Gasteiger partial charge in [-0.05, 0) is 37.5 Å². The lowest BCUT2D eigenvalue weighted by Gasteiger charge is -2.15. The van der Waals surface area contributed by atoms with Gasteiger partial charge in [0.2, 0.25) is 5.91 Å². The lowest BCUT2D eigenvalue weighted by atomic mass is 10.0. The quantitative estimate of drug-likeness (QED) is 0.806. The Hall–Kier alpha value is -1.55. The van der Waals surface area contributed by atoms with Gasteiger partial charge in [0.05, 0.1) is 12.3 Å². The number of hydrogen-bond donors (Lipinski definition) is 2. The molecule has 4 nitrogen and oxygen atoms in total. The van der Waals surface area contributed by atoms with Crippen molar-refractivity contribution >= 4 is 11.6 Å². The third-order valence-electron chi connectivity index (χ3n) is 3.15. The van der Waals surface area contributed by atoms with Gasteiger partial charge in [-0.3, -0.25) is 4.79 Å². The van der Waals surface area contributed by atoms with E-state index in [1.807, 2.05) is 39.0 Å². The van der Waals surface area contributed by atoms with E-state index in [9.17, 15) is 4.79 Å². The number of rotatable bonds is 7. The maximum Gasteiger partial charge on any atom is 0.227 e. The predicted molar refractivity (Wildman–Crippen MR) is 83.0 cm³/mol. The maximum atomic E-state index is 11.8. The second-order valence-corrected chi connectivity index (χ2v) is 5.28. The SMILES string of the molecule is CCOc1cc(CC(N)CC)ccc1NC(=O)C(C)C. The fourth-order valence-corrected chi connectivity index (χ4v) is 1.80. The lowest BCUT2D eigenvalue weighted by molar-refractivity contribution is -0.118. The van der Waals surface area contributed by atoms with Crippen LogP contribution >= 0.6 is 0 Å². The molecule has 0 radical (unpaired) electrons. The van der Waals surface area contributed by atoms with E-state index in [2.05, 4.69) is 12.2 Å². The zero-order valence-corrected chi connectivity index (χ0v) is 12.9. The molecule has 0 aliphatic rings. The monoisotopic (exact) mass is 278 g/mol. The number of benzene rings is 1. The summed E-state index contributed by atoms with van der Waals surface area (Å²) in [5, 5.41) is 2.89. The highest BCUT2D eigenvalue weighted by Crippen LogP contribution is 2.27. The van der Waals surface area contributed by atoms with Gasteiger partial charge in [-0.25, -0.2) is 0 Å². The summed E-state index contributed by atoms with van der Waals surface area (Å²) in [5.74, 6) is 0.643. The summed E-state index contributed by atoms with van der Waals surface area (Å²) in [6.07, 6.45) is 1.75. The smallest absolute Gasteiger partial charge is 0.227 e. The van der Waals surface area contributed by atoms with Gasteiger partial charge >= 0.3 is 0 Å². The van der Waals surface area contributed by atoms with Crippen molar-refractivity contribution in [3.8, 4) is 5.75 Å². The van der Waals surface area contributed by atoms with Crippen LogP contribution in [-0.2, 0) is 11.2 Å². The van der Waals surface area contributed by atoms with Crippen molar-refractivity contribution in [1.29, 1.82) is 0 Å². The Morgan fingerprint density at radius 1 is 1.35 bits per heavy atom. The van der Waals surface area contributed by atoms with Crippen molar-refractivity contribution < 1.29 is 9.53 Å². The van der Waals surface area contributed by atoms with Crippen LogP contribution in [0.1, 0.15) is 39.7 Å². The Kier molecular flexibility index (Phi) is 6.52. The van der Waals surface area contributed by atoms with E-state index in [0.717, 1.165) is 24.1 Å². The van der Waals surface area contributed by atoms with Crippen LogP contribution in [0.3, 0.4) is 0 Å². The molecule has 4 heteroatoms. The van der Waals surface area contributed by atoms with Crippen LogP contribution < -0.4 is 15.8 Å². The molecule has 0 aliphatic carbocycles. The Labute approximate surface area is 121 Å². The number of anilines is 1. The van der Waals surface area contributed by atoms with E-state index in [1.54, 1.807) is 0 Å².